The second-order valence-electron chi connectivity index (χ2n) is 8.40. The highest BCUT2D eigenvalue weighted by molar-refractivity contribution is 5.63. The molecule has 2 aromatic carbocycles. The summed E-state index contributed by atoms with van der Waals surface area (Å²) in [6, 6.07) is 14.5. The van der Waals surface area contributed by atoms with Crippen molar-refractivity contribution in [1.29, 1.82) is 0 Å². The summed E-state index contributed by atoms with van der Waals surface area (Å²) in [5.41, 5.74) is 4.72. The van der Waals surface area contributed by atoms with Crippen LogP contribution in [-0.2, 0) is 25.7 Å². The van der Waals surface area contributed by atoms with Gasteiger partial charge in [0.1, 0.15) is 11.6 Å². The average molecular weight is 419 g/mol. The van der Waals surface area contributed by atoms with Gasteiger partial charge in [-0.15, -0.1) is 0 Å². The Morgan fingerprint density at radius 3 is 1.94 bits per heavy atom. The third-order valence-electron chi connectivity index (χ3n) is 5.87. The number of unbranched alkanes of at least 4 members (excludes halogenated alkanes) is 4. The molecule has 3 heteroatoms. The zero-order valence-corrected chi connectivity index (χ0v) is 19.0. The Morgan fingerprint density at radius 2 is 1.29 bits per heavy atom. The van der Waals surface area contributed by atoms with Crippen LogP contribution in [0.4, 0.5) is 4.39 Å². The molecule has 164 valence electrons. The summed E-state index contributed by atoms with van der Waals surface area (Å²) >= 11 is 0. The molecular formula is C28H35FN2. The molecule has 2 nitrogen and oxygen atoms in total. The van der Waals surface area contributed by atoms with E-state index in [9.17, 15) is 0 Å². The predicted molar refractivity (Wildman–Crippen MR) is 128 cm³/mol. The maximum absolute atomic E-state index is 15.2. The quantitative estimate of drug-likeness (QED) is 0.284. The molecule has 0 bridgehead atoms. The van der Waals surface area contributed by atoms with E-state index in [4.69, 9.17) is 0 Å². The molecule has 0 unspecified atom stereocenters. The summed E-state index contributed by atoms with van der Waals surface area (Å²) < 4.78 is 15.2. The molecule has 0 aliphatic carbocycles. The average Bonchev–Trinajstić information content (AvgIpc) is 2.80. The van der Waals surface area contributed by atoms with Gasteiger partial charge in [-0.05, 0) is 48.8 Å². The van der Waals surface area contributed by atoms with Gasteiger partial charge in [-0.1, -0.05) is 82.0 Å². The standard InChI is InChI=1S/C28H35FN2/c1-3-5-7-10-22-14-16-23(17-15-22)18-19-24-11-9-12-26(28(24)29)25-20-30-27(31-21-25)13-8-6-4-2/h9,11-12,14-17,20-21H,3-8,10,13,18-19H2,1-2H3. The van der Waals surface area contributed by atoms with Crippen LogP contribution < -0.4 is 0 Å². The molecule has 0 atom stereocenters. The van der Waals surface area contributed by atoms with Crippen LogP contribution in [0, 0.1) is 5.82 Å². The van der Waals surface area contributed by atoms with E-state index >= 15 is 4.39 Å². The maximum Gasteiger partial charge on any atom is 0.134 e. The lowest BCUT2D eigenvalue weighted by Crippen LogP contribution is -1.99. The molecule has 0 aliphatic heterocycles. The Labute approximate surface area is 187 Å². The number of aryl methyl sites for hydroxylation is 4. The van der Waals surface area contributed by atoms with Gasteiger partial charge in [-0.2, -0.15) is 0 Å². The summed E-state index contributed by atoms with van der Waals surface area (Å²) in [5.74, 6) is 0.688. The second kappa shape index (κ2) is 12.3. The molecule has 0 fully saturated rings. The van der Waals surface area contributed by atoms with Crippen LogP contribution >= 0.6 is 0 Å². The van der Waals surface area contributed by atoms with Gasteiger partial charge in [0.05, 0.1) is 0 Å². The lowest BCUT2D eigenvalue weighted by Gasteiger charge is -2.09. The van der Waals surface area contributed by atoms with Gasteiger partial charge < -0.3 is 0 Å². The van der Waals surface area contributed by atoms with Crippen molar-refractivity contribution < 1.29 is 4.39 Å². The number of benzene rings is 2. The normalized spacial score (nSPS) is 11.1. The maximum atomic E-state index is 15.2. The number of hydrogen-bond acceptors (Lipinski definition) is 2. The molecule has 1 aromatic heterocycles. The lowest BCUT2D eigenvalue weighted by molar-refractivity contribution is 0.612. The van der Waals surface area contributed by atoms with Crippen LogP contribution in [0.2, 0.25) is 0 Å². The SMILES string of the molecule is CCCCCc1ccc(CCc2cccc(-c3cnc(CCCCC)nc3)c2F)cc1. The van der Waals surface area contributed by atoms with E-state index in [0.717, 1.165) is 42.6 Å². The smallest absolute Gasteiger partial charge is 0.134 e. The van der Waals surface area contributed by atoms with Crippen molar-refractivity contribution in [1.82, 2.24) is 9.97 Å². The van der Waals surface area contributed by atoms with Crippen molar-refractivity contribution in [2.45, 2.75) is 78.1 Å². The molecule has 0 N–H and O–H groups in total. The Morgan fingerprint density at radius 1 is 0.677 bits per heavy atom. The summed E-state index contributed by atoms with van der Waals surface area (Å²) in [4.78, 5) is 8.90. The highest BCUT2D eigenvalue weighted by atomic mass is 19.1. The highest BCUT2D eigenvalue weighted by Gasteiger charge is 2.11. The number of aromatic nitrogens is 2. The summed E-state index contributed by atoms with van der Waals surface area (Å²) in [6.45, 7) is 4.41. The molecule has 0 aliphatic rings. The summed E-state index contributed by atoms with van der Waals surface area (Å²) in [7, 11) is 0. The van der Waals surface area contributed by atoms with Gasteiger partial charge in [-0.3, -0.25) is 0 Å². The van der Waals surface area contributed by atoms with Gasteiger partial charge in [0.25, 0.3) is 0 Å². The molecule has 0 amide bonds. The molecule has 3 rings (SSSR count). The predicted octanol–water partition coefficient (Wildman–Crippen LogP) is 7.53. The Kier molecular flexibility index (Phi) is 9.20. The number of hydrogen-bond donors (Lipinski definition) is 0. The molecule has 31 heavy (non-hydrogen) atoms. The topological polar surface area (TPSA) is 25.8 Å². The first-order chi connectivity index (χ1) is 15.2. The molecule has 1 heterocycles. The molecular weight excluding hydrogens is 383 g/mol. The second-order valence-corrected chi connectivity index (χ2v) is 8.40. The van der Waals surface area contributed by atoms with E-state index in [1.54, 1.807) is 12.4 Å². The van der Waals surface area contributed by atoms with Crippen LogP contribution in [0.1, 0.15) is 74.9 Å². The Bertz CT molecular complexity index is 917. The molecule has 0 radical (unpaired) electrons. The van der Waals surface area contributed by atoms with Crippen molar-refractivity contribution in [3.63, 3.8) is 0 Å². The number of halogens is 1. The van der Waals surface area contributed by atoms with Crippen LogP contribution in [0.3, 0.4) is 0 Å². The lowest BCUT2D eigenvalue weighted by atomic mass is 9.98. The number of nitrogens with zero attached hydrogens (tertiary/aromatic N) is 2. The van der Waals surface area contributed by atoms with Gasteiger partial charge in [-0.25, -0.2) is 14.4 Å². The zero-order valence-electron chi connectivity index (χ0n) is 19.0. The molecule has 0 saturated heterocycles. The first kappa shape index (κ1) is 23.1. The first-order valence-electron chi connectivity index (χ1n) is 11.9. The van der Waals surface area contributed by atoms with Crippen LogP contribution in [0.25, 0.3) is 11.1 Å². The third-order valence-corrected chi connectivity index (χ3v) is 5.87. The fourth-order valence-electron chi connectivity index (χ4n) is 3.88. The molecule has 3 aromatic rings. The van der Waals surface area contributed by atoms with Crippen LogP contribution in [0.15, 0.2) is 54.9 Å². The van der Waals surface area contributed by atoms with Crippen molar-refractivity contribution in [2.75, 3.05) is 0 Å². The van der Waals surface area contributed by atoms with Gasteiger partial charge >= 0.3 is 0 Å². The van der Waals surface area contributed by atoms with E-state index in [2.05, 4.69) is 48.1 Å². The minimum Gasteiger partial charge on any atom is -0.241 e. The number of rotatable bonds is 12. The fraction of sp³-hybridized carbons (Fsp3) is 0.429. The van der Waals surface area contributed by atoms with Gasteiger partial charge in [0, 0.05) is 29.9 Å². The van der Waals surface area contributed by atoms with Crippen molar-refractivity contribution in [3.05, 3.63) is 83.2 Å². The third kappa shape index (κ3) is 6.99. The van der Waals surface area contributed by atoms with Crippen molar-refractivity contribution in [3.8, 4) is 11.1 Å². The highest BCUT2D eigenvalue weighted by Crippen LogP contribution is 2.25. The Hall–Kier alpha value is -2.55. The zero-order chi connectivity index (χ0) is 21.9. The van der Waals surface area contributed by atoms with Gasteiger partial charge in [0.2, 0.25) is 0 Å². The summed E-state index contributed by atoms with van der Waals surface area (Å²) in [6.07, 6.45) is 14.3. The minimum atomic E-state index is -0.152. The minimum absolute atomic E-state index is 0.152. The molecule has 0 saturated carbocycles. The van der Waals surface area contributed by atoms with E-state index in [1.807, 2.05) is 18.2 Å². The summed E-state index contributed by atoms with van der Waals surface area (Å²) in [5, 5.41) is 0. The van der Waals surface area contributed by atoms with E-state index in [-0.39, 0.29) is 5.82 Å². The van der Waals surface area contributed by atoms with E-state index < -0.39 is 0 Å². The van der Waals surface area contributed by atoms with Crippen molar-refractivity contribution in [2.24, 2.45) is 0 Å². The first-order valence-corrected chi connectivity index (χ1v) is 11.9. The Balaban J connectivity index is 1.61. The molecule has 0 spiro atoms. The van der Waals surface area contributed by atoms with Gasteiger partial charge in [0.15, 0.2) is 0 Å². The fourth-order valence-corrected chi connectivity index (χ4v) is 3.88. The van der Waals surface area contributed by atoms with E-state index in [1.165, 1.54) is 43.2 Å². The van der Waals surface area contributed by atoms with Crippen LogP contribution in [0.5, 0.6) is 0 Å². The van der Waals surface area contributed by atoms with E-state index in [0.29, 0.717) is 12.0 Å². The monoisotopic (exact) mass is 418 g/mol. The van der Waals surface area contributed by atoms with Crippen LogP contribution in [-0.4, -0.2) is 9.97 Å². The van der Waals surface area contributed by atoms with Crippen molar-refractivity contribution >= 4 is 0 Å². The largest absolute Gasteiger partial charge is 0.241 e.